The van der Waals surface area contributed by atoms with Gasteiger partial charge in [-0.1, -0.05) is 0 Å². The number of rotatable bonds is 4. The molecule has 10 heteroatoms. The van der Waals surface area contributed by atoms with Gasteiger partial charge in [-0.05, 0) is 24.6 Å². The molecule has 0 unspecified atom stereocenters. The molecular formula is C17H15F3N4O3. The largest absolute Gasteiger partial charge is 0.465 e. The van der Waals surface area contributed by atoms with Crippen molar-refractivity contribution in [2.75, 3.05) is 18.4 Å². The van der Waals surface area contributed by atoms with Gasteiger partial charge >= 0.3 is 6.09 Å². The minimum Gasteiger partial charge on any atom is -0.465 e. The third-order valence-electron chi connectivity index (χ3n) is 4.08. The maximum absolute atomic E-state index is 13.6. The number of aromatic nitrogens is 1. The molecule has 1 aliphatic heterocycles. The lowest BCUT2D eigenvalue weighted by molar-refractivity contribution is 0.0936. The summed E-state index contributed by atoms with van der Waals surface area (Å²) in [5, 5.41) is 14.2. The van der Waals surface area contributed by atoms with E-state index >= 15 is 0 Å². The number of amides is 2. The fourth-order valence-electron chi connectivity index (χ4n) is 2.74. The van der Waals surface area contributed by atoms with Crippen molar-refractivity contribution in [2.45, 2.75) is 12.5 Å². The van der Waals surface area contributed by atoms with Gasteiger partial charge in [-0.25, -0.2) is 22.9 Å². The Morgan fingerprint density at radius 3 is 2.63 bits per heavy atom. The Hall–Kier alpha value is -3.30. The lowest BCUT2D eigenvalue weighted by atomic mass is 10.2. The van der Waals surface area contributed by atoms with Crippen LogP contribution in [0, 0.1) is 17.5 Å². The zero-order chi connectivity index (χ0) is 19.6. The number of carbonyl (C=O) groups is 2. The van der Waals surface area contributed by atoms with Gasteiger partial charge < -0.3 is 20.6 Å². The minimum absolute atomic E-state index is 0.0482. The van der Waals surface area contributed by atoms with Crippen LogP contribution in [-0.2, 0) is 0 Å². The zero-order valence-corrected chi connectivity index (χ0v) is 13.9. The zero-order valence-electron chi connectivity index (χ0n) is 13.9. The molecular weight excluding hydrogens is 365 g/mol. The lowest BCUT2D eigenvalue weighted by Gasteiger charge is -2.16. The van der Waals surface area contributed by atoms with Crippen molar-refractivity contribution >= 4 is 23.5 Å². The minimum atomic E-state index is -1.09. The summed E-state index contributed by atoms with van der Waals surface area (Å²) < 4.78 is 40.0. The molecule has 2 amide bonds. The summed E-state index contributed by atoms with van der Waals surface area (Å²) in [6.07, 6.45) is 0.216. The molecule has 1 aliphatic rings. The van der Waals surface area contributed by atoms with Crippen LogP contribution in [0.5, 0.6) is 0 Å². The van der Waals surface area contributed by atoms with Crippen LogP contribution in [0.3, 0.4) is 0 Å². The summed E-state index contributed by atoms with van der Waals surface area (Å²) in [6, 6.07) is 3.55. The summed E-state index contributed by atoms with van der Waals surface area (Å²) in [4.78, 5) is 28.4. The maximum atomic E-state index is 13.6. The number of carboxylic acid groups (broad SMARTS) is 1. The number of pyridine rings is 1. The number of nitrogens with one attached hydrogen (secondary N) is 2. The van der Waals surface area contributed by atoms with Crippen LogP contribution in [0.4, 0.5) is 29.5 Å². The number of hydrogen-bond donors (Lipinski definition) is 3. The van der Waals surface area contributed by atoms with Gasteiger partial charge in [0.25, 0.3) is 5.91 Å². The van der Waals surface area contributed by atoms with Gasteiger partial charge in [-0.3, -0.25) is 4.79 Å². The second-order valence-electron chi connectivity index (χ2n) is 5.99. The van der Waals surface area contributed by atoms with E-state index in [0.29, 0.717) is 6.42 Å². The average Bonchev–Trinajstić information content (AvgIpc) is 3.08. The molecule has 1 aromatic heterocycles. The highest BCUT2D eigenvalue weighted by Gasteiger charge is 2.28. The number of hydrogen-bond acceptors (Lipinski definition) is 4. The Bertz CT molecular complexity index is 894. The van der Waals surface area contributed by atoms with E-state index in [0.717, 1.165) is 29.3 Å². The van der Waals surface area contributed by atoms with E-state index < -0.39 is 35.5 Å². The molecule has 7 nitrogen and oxygen atoms in total. The van der Waals surface area contributed by atoms with Gasteiger partial charge in [-0.15, -0.1) is 0 Å². The van der Waals surface area contributed by atoms with E-state index in [4.69, 9.17) is 5.11 Å². The normalized spacial score (nSPS) is 16.3. The van der Waals surface area contributed by atoms with Crippen LogP contribution in [0.2, 0.25) is 0 Å². The number of likely N-dealkylation sites (tertiary alicyclic amines) is 1. The summed E-state index contributed by atoms with van der Waals surface area (Å²) >= 11 is 0. The number of carbonyl (C=O) groups excluding carboxylic acids is 1. The van der Waals surface area contributed by atoms with E-state index in [1.165, 1.54) is 6.07 Å². The summed E-state index contributed by atoms with van der Waals surface area (Å²) in [6.45, 7) is 0.400. The Morgan fingerprint density at radius 2 is 1.96 bits per heavy atom. The van der Waals surface area contributed by atoms with Gasteiger partial charge in [0.15, 0.2) is 11.6 Å². The van der Waals surface area contributed by atoms with Crippen molar-refractivity contribution in [3.8, 4) is 0 Å². The molecule has 0 aliphatic carbocycles. The van der Waals surface area contributed by atoms with Crippen molar-refractivity contribution in [3.05, 3.63) is 53.5 Å². The first kappa shape index (κ1) is 18.5. The Morgan fingerprint density at radius 1 is 1.19 bits per heavy atom. The maximum Gasteiger partial charge on any atom is 0.407 e. The Balaban J connectivity index is 1.78. The molecule has 0 radical (unpaired) electrons. The third kappa shape index (κ3) is 4.27. The highest BCUT2D eigenvalue weighted by atomic mass is 19.2. The second kappa shape index (κ2) is 7.52. The van der Waals surface area contributed by atoms with E-state index in [2.05, 4.69) is 15.6 Å². The van der Waals surface area contributed by atoms with Gasteiger partial charge in [0.1, 0.15) is 11.6 Å². The van der Waals surface area contributed by atoms with Gasteiger partial charge in [0.05, 0.1) is 11.8 Å². The summed E-state index contributed by atoms with van der Waals surface area (Å²) in [7, 11) is 0. The predicted octanol–water partition coefficient (Wildman–Crippen LogP) is 2.72. The van der Waals surface area contributed by atoms with Gasteiger partial charge in [0, 0.05) is 30.9 Å². The summed E-state index contributed by atoms with van der Waals surface area (Å²) in [5.41, 5.74) is -0.0199. The number of nitrogens with zero attached hydrogens (tertiary/aromatic N) is 2. The molecule has 0 bridgehead atoms. The molecule has 1 fully saturated rings. The number of halogens is 3. The number of benzene rings is 1. The molecule has 2 heterocycles. The van der Waals surface area contributed by atoms with Crippen molar-refractivity contribution in [3.63, 3.8) is 0 Å². The van der Waals surface area contributed by atoms with Crippen LogP contribution >= 0.6 is 0 Å². The highest BCUT2D eigenvalue weighted by molar-refractivity contribution is 5.99. The molecule has 2 aromatic rings. The molecule has 0 saturated carbocycles. The quantitative estimate of drug-likeness (QED) is 0.758. The second-order valence-corrected chi connectivity index (χ2v) is 5.99. The lowest BCUT2D eigenvalue weighted by Crippen LogP contribution is -2.38. The van der Waals surface area contributed by atoms with Crippen LogP contribution in [0.15, 0.2) is 30.5 Å². The Labute approximate surface area is 151 Å². The number of anilines is 2. The van der Waals surface area contributed by atoms with Crippen LogP contribution in [0.25, 0.3) is 0 Å². The van der Waals surface area contributed by atoms with E-state index in [-0.39, 0.29) is 30.2 Å². The first-order valence-electron chi connectivity index (χ1n) is 8.00. The van der Waals surface area contributed by atoms with E-state index in [9.17, 15) is 22.8 Å². The fourth-order valence-corrected chi connectivity index (χ4v) is 2.74. The van der Waals surface area contributed by atoms with Crippen molar-refractivity contribution < 1.29 is 27.9 Å². The predicted molar refractivity (Wildman–Crippen MR) is 89.3 cm³/mol. The average molecular weight is 380 g/mol. The van der Waals surface area contributed by atoms with Crippen LogP contribution in [0.1, 0.15) is 16.8 Å². The van der Waals surface area contributed by atoms with Crippen LogP contribution < -0.4 is 10.6 Å². The van der Waals surface area contributed by atoms with Gasteiger partial charge in [0.2, 0.25) is 0 Å². The standard InChI is InChI=1S/C17H15F3N4O3/c18-9-5-12(16(25)23-11-3-4-24(8-11)17(26)27)15(21-7-9)22-10-1-2-13(19)14(20)6-10/h1-2,5-7,11H,3-4,8H2,(H,21,22)(H,23,25)(H,26,27)/t11-/m0/s1. The first-order chi connectivity index (χ1) is 12.8. The first-order valence-corrected chi connectivity index (χ1v) is 8.00. The third-order valence-corrected chi connectivity index (χ3v) is 4.08. The molecule has 142 valence electrons. The Kier molecular flexibility index (Phi) is 5.15. The molecule has 1 atom stereocenters. The molecule has 27 heavy (non-hydrogen) atoms. The van der Waals surface area contributed by atoms with E-state index in [1.54, 1.807) is 0 Å². The molecule has 0 spiro atoms. The van der Waals surface area contributed by atoms with Gasteiger partial charge in [-0.2, -0.15) is 0 Å². The molecule has 3 rings (SSSR count). The molecule has 1 aromatic carbocycles. The molecule has 3 N–H and O–H groups in total. The van der Waals surface area contributed by atoms with Crippen LogP contribution in [-0.4, -0.2) is 46.1 Å². The fraction of sp³-hybridized carbons (Fsp3) is 0.235. The van der Waals surface area contributed by atoms with Crippen molar-refractivity contribution in [1.82, 2.24) is 15.2 Å². The van der Waals surface area contributed by atoms with Crippen molar-refractivity contribution in [2.24, 2.45) is 0 Å². The summed E-state index contributed by atoms with van der Waals surface area (Å²) in [5.74, 6) is -3.59. The SMILES string of the molecule is O=C(N[C@H]1CCN(C(=O)O)C1)c1cc(F)cnc1Nc1ccc(F)c(F)c1. The van der Waals surface area contributed by atoms with Crippen molar-refractivity contribution in [1.29, 1.82) is 0 Å². The topological polar surface area (TPSA) is 94.6 Å². The smallest absolute Gasteiger partial charge is 0.407 e. The highest BCUT2D eigenvalue weighted by Crippen LogP contribution is 2.22. The van der Waals surface area contributed by atoms with E-state index in [1.807, 2.05) is 0 Å². The molecule has 1 saturated heterocycles. The monoisotopic (exact) mass is 380 g/mol.